The molecule has 0 radical (unpaired) electrons. The van der Waals surface area contributed by atoms with Crippen LogP contribution in [0.25, 0.3) is 0 Å². The van der Waals surface area contributed by atoms with Crippen LogP contribution in [0.5, 0.6) is 0 Å². The maximum atomic E-state index is 3.90. The predicted octanol–water partition coefficient (Wildman–Crippen LogP) is 4.31. The maximum Gasteiger partial charge on any atom is -0.00930 e. The van der Waals surface area contributed by atoms with Gasteiger partial charge < -0.3 is 0 Å². The Morgan fingerprint density at radius 3 is 2.80 bits per heavy atom. The van der Waals surface area contributed by atoms with Gasteiger partial charge in [-0.3, -0.25) is 0 Å². The highest BCUT2D eigenvalue weighted by Gasteiger charge is 2.35. The Kier molecular flexibility index (Phi) is 3.05. The van der Waals surface area contributed by atoms with E-state index in [0.717, 1.165) is 18.3 Å². The molecule has 1 saturated carbocycles. The fourth-order valence-corrected chi connectivity index (χ4v) is 1.95. The van der Waals surface area contributed by atoms with E-state index in [2.05, 4.69) is 56.0 Å². The Balaban J connectivity index is 1.86. The van der Waals surface area contributed by atoms with Gasteiger partial charge in [-0.25, -0.2) is 0 Å². The monoisotopic (exact) mass is 198 g/mol. The second-order valence-corrected chi connectivity index (χ2v) is 4.51. The van der Waals surface area contributed by atoms with Crippen molar-refractivity contribution < 1.29 is 0 Å². The first-order valence-electron chi connectivity index (χ1n) is 5.63. The topological polar surface area (TPSA) is 0 Å². The lowest BCUT2D eigenvalue weighted by atomic mass is 10.1. The summed E-state index contributed by atoms with van der Waals surface area (Å²) in [6.07, 6.45) is 6.96. The van der Waals surface area contributed by atoms with E-state index in [1.807, 2.05) is 0 Å². The minimum absolute atomic E-state index is 0.770. The molecule has 1 aromatic rings. The van der Waals surface area contributed by atoms with E-state index in [4.69, 9.17) is 0 Å². The third kappa shape index (κ3) is 2.82. The standard InChI is InChI=1S/C15H18/c1-12(2)7-6-10-14-11-15(14)13-8-4-3-5-9-13/h3-6,8-10,14-15H,1,7,11H2,2H3/b10-6+. The number of rotatable bonds is 4. The zero-order valence-corrected chi connectivity index (χ0v) is 9.32. The highest BCUT2D eigenvalue weighted by atomic mass is 14.4. The van der Waals surface area contributed by atoms with Crippen LogP contribution in [0.15, 0.2) is 54.6 Å². The van der Waals surface area contributed by atoms with Crippen molar-refractivity contribution in [3.05, 3.63) is 60.2 Å². The Bertz CT molecular complexity index is 359. The molecule has 0 bridgehead atoms. The molecule has 2 rings (SSSR count). The summed E-state index contributed by atoms with van der Waals surface area (Å²) in [4.78, 5) is 0. The molecule has 0 aromatic heterocycles. The van der Waals surface area contributed by atoms with Gasteiger partial charge in [0.15, 0.2) is 0 Å². The van der Waals surface area contributed by atoms with E-state index in [9.17, 15) is 0 Å². The van der Waals surface area contributed by atoms with Crippen molar-refractivity contribution in [3.63, 3.8) is 0 Å². The van der Waals surface area contributed by atoms with Crippen molar-refractivity contribution in [1.82, 2.24) is 0 Å². The molecule has 2 atom stereocenters. The summed E-state index contributed by atoms with van der Waals surface area (Å²) in [5.74, 6) is 1.54. The van der Waals surface area contributed by atoms with Crippen LogP contribution in [0.2, 0.25) is 0 Å². The second kappa shape index (κ2) is 4.48. The Morgan fingerprint density at radius 2 is 2.13 bits per heavy atom. The zero-order chi connectivity index (χ0) is 10.7. The van der Waals surface area contributed by atoms with Crippen molar-refractivity contribution >= 4 is 0 Å². The number of hydrogen-bond donors (Lipinski definition) is 0. The van der Waals surface area contributed by atoms with E-state index < -0.39 is 0 Å². The van der Waals surface area contributed by atoms with Crippen LogP contribution < -0.4 is 0 Å². The van der Waals surface area contributed by atoms with Gasteiger partial charge in [0.2, 0.25) is 0 Å². The van der Waals surface area contributed by atoms with Gasteiger partial charge in [0.05, 0.1) is 0 Å². The molecule has 0 N–H and O–H groups in total. The third-order valence-electron chi connectivity index (χ3n) is 2.92. The fourth-order valence-electron chi connectivity index (χ4n) is 1.95. The van der Waals surface area contributed by atoms with Crippen molar-refractivity contribution in [2.45, 2.75) is 25.7 Å². The molecule has 2 unspecified atom stereocenters. The summed E-state index contributed by atoms with van der Waals surface area (Å²) in [6, 6.07) is 10.8. The molecule has 0 amide bonds. The summed E-state index contributed by atoms with van der Waals surface area (Å²) >= 11 is 0. The molecule has 0 nitrogen and oxygen atoms in total. The lowest BCUT2D eigenvalue weighted by Gasteiger charge is -1.96. The number of hydrogen-bond acceptors (Lipinski definition) is 0. The Labute approximate surface area is 92.3 Å². The molecule has 1 aromatic carbocycles. The van der Waals surface area contributed by atoms with E-state index in [-0.39, 0.29) is 0 Å². The molecular formula is C15H18. The number of benzene rings is 1. The first kappa shape index (κ1) is 10.2. The molecule has 1 fully saturated rings. The summed E-state index contributed by atoms with van der Waals surface area (Å²) in [5.41, 5.74) is 2.73. The van der Waals surface area contributed by atoms with Crippen molar-refractivity contribution in [3.8, 4) is 0 Å². The summed E-state index contributed by atoms with van der Waals surface area (Å²) in [6.45, 7) is 5.97. The maximum absolute atomic E-state index is 3.90. The normalized spacial score (nSPS) is 24.3. The fraction of sp³-hybridized carbons (Fsp3) is 0.333. The lowest BCUT2D eigenvalue weighted by molar-refractivity contribution is 1.00. The molecule has 1 aliphatic rings. The first-order valence-corrected chi connectivity index (χ1v) is 5.63. The highest BCUT2D eigenvalue weighted by Crippen LogP contribution is 2.48. The minimum Gasteiger partial charge on any atom is -0.0998 e. The van der Waals surface area contributed by atoms with E-state index in [1.54, 1.807) is 0 Å². The van der Waals surface area contributed by atoms with Crippen molar-refractivity contribution in [2.75, 3.05) is 0 Å². The Hall–Kier alpha value is -1.30. The van der Waals surface area contributed by atoms with Gasteiger partial charge >= 0.3 is 0 Å². The van der Waals surface area contributed by atoms with Crippen molar-refractivity contribution in [2.24, 2.45) is 5.92 Å². The van der Waals surface area contributed by atoms with Crippen molar-refractivity contribution in [1.29, 1.82) is 0 Å². The molecule has 1 aliphatic carbocycles. The van der Waals surface area contributed by atoms with Crippen LogP contribution >= 0.6 is 0 Å². The quantitative estimate of drug-likeness (QED) is 0.632. The summed E-state index contributed by atoms with van der Waals surface area (Å²) in [5, 5.41) is 0. The van der Waals surface area contributed by atoms with Gasteiger partial charge in [0.1, 0.15) is 0 Å². The average Bonchev–Trinajstić information content (AvgIpc) is 2.98. The van der Waals surface area contributed by atoms with Gasteiger partial charge in [-0.15, -0.1) is 0 Å². The molecular weight excluding hydrogens is 180 g/mol. The zero-order valence-electron chi connectivity index (χ0n) is 9.32. The van der Waals surface area contributed by atoms with E-state index in [1.165, 1.54) is 17.6 Å². The van der Waals surface area contributed by atoms with Gasteiger partial charge in [-0.05, 0) is 37.2 Å². The SMILES string of the molecule is C=C(C)C/C=C/C1CC1c1ccccc1. The average molecular weight is 198 g/mol. The van der Waals surface area contributed by atoms with Crippen LogP contribution in [0.4, 0.5) is 0 Å². The summed E-state index contributed by atoms with van der Waals surface area (Å²) in [7, 11) is 0. The molecule has 78 valence electrons. The molecule has 0 saturated heterocycles. The molecule has 0 spiro atoms. The van der Waals surface area contributed by atoms with E-state index >= 15 is 0 Å². The predicted molar refractivity (Wildman–Crippen MR) is 65.9 cm³/mol. The lowest BCUT2D eigenvalue weighted by Crippen LogP contribution is -1.79. The first-order chi connectivity index (χ1) is 7.27. The van der Waals surface area contributed by atoms with Gasteiger partial charge in [0.25, 0.3) is 0 Å². The Morgan fingerprint density at radius 1 is 1.40 bits per heavy atom. The highest BCUT2D eigenvalue weighted by molar-refractivity contribution is 5.28. The molecule has 0 heteroatoms. The summed E-state index contributed by atoms with van der Waals surface area (Å²) < 4.78 is 0. The van der Waals surface area contributed by atoms with Gasteiger partial charge in [-0.1, -0.05) is 54.6 Å². The number of allylic oxidation sites excluding steroid dienone is 3. The molecule has 15 heavy (non-hydrogen) atoms. The van der Waals surface area contributed by atoms with E-state index in [0.29, 0.717) is 0 Å². The van der Waals surface area contributed by atoms with Crippen LogP contribution in [0.3, 0.4) is 0 Å². The van der Waals surface area contributed by atoms with Crippen LogP contribution in [-0.4, -0.2) is 0 Å². The van der Waals surface area contributed by atoms with Gasteiger partial charge in [-0.2, -0.15) is 0 Å². The molecule has 0 heterocycles. The molecule has 0 aliphatic heterocycles. The van der Waals surface area contributed by atoms with Crippen LogP contribution in [0, 0.1) is 5.92 Å². The minimum atomic E-state index is 0.770. The van der Waals surface area contributed by atoms with Crippen LogP contribution in [-0.2, 0) is 0 Å². The van der Waals surface area contributed by atoms with Gasteiger partial charge in [0, 0.05) is 0 Å². The van der Waals surface area contributed by atoms with Crippen LogP contribution in [0.1, 0.15) is 31.2 Å². The largest absolute Gasteiger partial charge is 0.0998 e. The second-order valence-electron chi connectivity index (χ2n) is 4.51. The smallest absolute Gasteiger partial charge is 0.00930 e. The third-order valence-corrected chi connectivity index (χ3v) is 2.92.